The van der Waals surface area contributed by atoms with Gasteiger partial charge in [-0.2, -0.15) is 0 Å². The molecule has 0 heterocycles. The second-order valence-electron chi connectivity index (χ2n) is 16.5. The minimum Gasteiger partial charge on any atom is -0.507 e. The molecular weight excluding hydrogens is 548 g/mol. The molecule has 0 spiro atoms. The van der Waals surface area contributed by atoms with E-state index in [0.717, 1.165) is 59.1 Å². The summed E-state index contributed by atoms with van der Waals surface area (Å²) in [5.41, 5.74) is 4.39. The molecule has 0 aliphatic rings. The van der Waals surface area contributed by atoms with Crippen molar-refractivity contribution in [3.63, 3.8) is 0 Å². The maximum Gasteiger partial charge on any atom is 0.224 e. The molecule has 0 atom stereocenters. The molecule has 0 bridgehead atoms. The second kappa shape index (κ2) is 14.4. The molecule has 0 aliphatic carbocycles. The average molecular weight is 609 g/mol. The summed E-state index contributed by atoms with van der Waals surface area (Å²) in [5.74, 6) is 0.632. The highest BCUT2D eigenvalue weighted by molar-refractivity contribution is 5.79. The summed E-state index contributed by atoms with van der Waals surface area (Å²) in [6.45, 7) is 26.1. The van der Waals surface area contributed by atoms with Gasteiger partial charge in [0.15, 0.2) is 0 Å². The number of unbranched alkanes of at least 4 members (excludes halogenated alkanes) is 3. The molecule has 6 nitrogen and oxygen atoms in total. The Morgan fingerprint density at radius 3 is 0.977 bits per heavy atom. The van der Waals surface area contributed by atoms with Crippen LogP contribution in [0.15, 0.2) is 24.3 Å². The molecule has 2 amide bonds. The monoisotopic (exact) mass is 608 g/mol. The number of amides is 2. The van der Waals surface area contributed by atoms with Gasteiger partial charge in [-0.25, -0.2) is 0 Å². The van der Waals surface area contributed by atoms with E-state index in [-0.39, 0.29) is 46.3 Å². The van der Waals surface area contributed by atoms with Crippen LogP contribution in [0, 0.1) is 0 Å². The van der Waals surface area contributed by atoms with Crippen LogP contribution in [0.4, 0.5) is 0 Å². The molecule has 2 aromatic rings. The molecule has 4 N–H and O–H groups in total. The summed E-state index contributed by atoms with van der Waals surface area (Å²) < 4.78 is 0. The van der Waals surface area contributed by atoms with E-state index in [1.165, 1.54) is 0 Å². The highest BCUT2D eigenvalue weighted by Crippen LogP contribution is 2.41. The molecule has 2 aromatic carbocycles. The van der Waals surface area contributed by atoms with Crippen LogP contribution in [0.3, 0.4) is 0 Å². The third-order valence-corrected chi connectivity index (χ3v) is 8.05. The summed E-state index contributed by atoms with van der Waals surface area (Å²) in [6, 6.07) is 7.86. The summed E-state index contributed by atoms with van der Waals surface area (Å²) in [6.07, 6.45) is 4.28. The first kappa shape index (κ1) is 37.2. The molecule has 0 saturated carbocycles. The number of phenolic OH excluding ortho intramolecular Hbond substituents is 2. The first-order valence-electron chi connectivity index (χ1n) is 16.3. The zero-order chi connectivity index (χ0) is 33.7. The first-order valence-corrected chi connectivity index (χ1v) is 16.3. The Hall–Kier alpha value is -3.02. The van der Waals surface area contributed by atoms with Crippen LogP contribution >= 0.6 is 0 Å². The molecular formula is C38H60N2O4. The largest absolute Gasteiger partial charge is 0.507 e. The lowest BCUT2D eigenvalue weighted by atomic mass is 9.78. The van der Waals surface area contributed by atoms with Crippen molar-refractivity contribution < 1.29 is 19.8 Å². The fourth-order valence-corrected chi connectivity index (χ4v) is 5.43. The first-order chi connectivity index (χ1) is 20.0. The van der Waals surface area contributed by atoms with E-state index in [0.29, 0.717) is 24.6 Å². The second-order valence-corrected chi connectivity index (χ2v) is 16.5. The zero-order valence-corrected chi connectivity index (χ0v) is 29.7. The van der Waals surface area contributed by atoms with Crippen molar-refractivity contribution in [3.8, 4) is 11.5 Å². The van der Waals surface area contributed by atoms with Gasteiger partial charge in [0.25, 0.3) is 0 Å². The molecule has 0 radical (unpaired) electrons. The quantitative estimate of drug-likeness (QED) is 0.195. The Balaban J connectivity index is 1.79. The lowest BCUT2D eigenvalue weighted by Gasteiger charge is -2.28. The minimum atomic E-state index is -0.229. The van der Waals surface area contributed by atoms with Gasteiger partial charge in [-0.15, -0.1) is 0 Å². The average Bonchev–Trinajstić information content (AvgIpc) is 2.84. The van der Waals surface area contributed by atoms with Crippen LogP contribution in [0.5, 0.6) is 11.5 Å². The number of carbonyl (C=O) groups excluding carboxylic acids is 2. The molecule has 246 valence electrons. The molecule has 0 unspecified atom stereocenters. The lowest BCUT2D eigenvalue weighted by molar-refractivity contribution is -0.121. The maximum atomic E-state index is 12.7. The van der Waals surface area contributed by atoms with Crippen molar-refractivity contribution in [3.05, 3.63) is 57.6 Å². The lowest BCUT2D eigenvalue weighted by Crippen LogP contribution is -2.27. The molecule has 0 saturated heterocycles. The highest BCUT2D eigenvalue weighted by Gasteiger charge is 2.28. The normalized spacial score (nSPS) is 12.7. The van der Waals surface area contributed by atoms with Crippen LogP contribution in [-0.2, 0) is 44.1 Å². The Morgan fingerprint density at radius 1 is 0.500 bits per heavy atom. The van der Waals surface area contributed by atoms with Gasteiger partial charge in [-0.1, -0.05) is 120 Å². The van der Waals surface area contributed by atoms with Gasteiger partial charge < -0.3 is 20.8 Å². The molecule has 0 aliphatic heterocycles. The van der Waals surface area contributed by atoms with Crippen molar-refractivity contribution in [2.45, 2.75) is 143 Å². The number of hydrogen-bond acceptors (Lipinski definition) is 4. The van der Waals surface area contributed by atoms with Crippen LogP contribution in [0.25, 0.3) is 0 Å². The molecule has 0 aromatic heterocycles. The van der Waals surface area contributed by atoms with E-state index in [1.54, 1.807) is 0 Å². The van der Waals surface area contributed by atoms with Crippen molar-refractivity contribution in [2.75, 3.05) is 13.1 Å². The van der Waals surface area contributed by atoms with Gasteiger partial charge in [-0.3, -0.25) is 9.59 Å². The number of nitrogens with one attached hydrogen (secondary N) is 2. The number of hydrogen-bond donors (Lipinski definition) is 4. The summed E-state index contributed by atoms with van der Waals surface area (Å²) in [4.78, 5) is 25.4. The molecule has 6 heteroatoms. The van der Waals surface area contributed by atoms with Gasteiger partial charge in [0.2, 0.25) is 11.8 Å². The standard InChI is InChI=1S/C38H60N2O4/c1-35(2,3)27-19-25(20-28(33(27)43)36(4,5)6)23-31(41)39-17-15-13-14-16-18-40-32(42)24-26-21-29(37(7,8)9)34(44)30(22-26)38(10,11)12/h19-22,43-44H,13-18,23-24H2,1-12H3,(H,39,41)(H,40,42). The SMILES string of the molecule is CC(C)(C)c1cc(CC(=O)NCCCCCCNC(=O)Cc2cc(C(C)(C)C)c(O)c(C(C)(C)C)c2)cc(C(C)(C)C)c1O. The smallest absolute Gasteiger partial charge is 0.224 e. The van der Waals surface area contributed by atoms with Crippen LogP contribution < -0.4 is 10.6 Å². The third-order valence-electron chi connectivity index (χ3n) is 8.05. The van der Waals surface area contributed by atoms with Gasteiger partial charge >= 0.3 is 0 Å². The van der Waals surface area contributed by atoms with Crippen LogP contribution in [0.2, 0.25) is 0 Å². The summed E-state index contributed by atoms with van der Waals surface area (Å²) >= 11 is 0. The van der Waals surface area contributed by atoms with Crippen LogP contribution in [-0.4, -0.2) is 35.1 Å². The highest BCUT2D eigenvalue weighted by atomic mass is 16.3. The fourth-order valence-electron chi connectivity index (χ4n) is 5.43. The van der Waals surface area contributed by atoms with E-state index in [4.69, 9.17) is 0 Å². The van der Waals surface area contributed by atoms with Crippen molar-refractivity contribution in [1.82, 2.24) is 10.6 Å². The minimum absolute atomic E-state index is 0.0128. The molecule has 0 fully saturated rings. The predicted molar refractivity (Wildman–Crippen MR) is 183 cm³/mol. The zero-order valence-electron chi connectivity index (χ0n) is 29.7. The Morgan fingerprint density at radius 2 is 0.750 bits per heavy atom. The predicted octanol–water partition coefficient (Wildman–Crippen LogP) is 7.87. The van der Waals surface area contributed by atoms with E-state index >= 15 is 0 Å². The summed E-state index contributed by atoms with van der Waals surface area (Å²) in [5, 5.41) is 27.9. The van der Waals surface area contributed by atoms with E-state index in [2.05, 4.69) is 93.7 Å². The van der Waals surface area contributed by atoms with E-state index < -0.39 is 0 Å². The fraction of sp³-hybridized carbons (Fsp3) is 0.632. The van der Waals surface area contributed by atoms with Crippen molar-refractivity contribution in [2.24, 2.45) is 0 Å². The molecule has 44 heavy (non-hydrogen) atoms. The van der Waals surface area contributed by atoms with Gasteiger partial charge in [0.1, 0.15) is 11.5 Å². The number of phenols is 2. The maximum absolute atomic E-state index is 12.7. The summed E-state index contributed by atoms with van der Waals surface area (Å²) in [7, 11) is 0. The number of benzene rings is 2. The molecule has 2 rings (SSSR count). The topological polar surface area (TPSA) is 98.7 Å². The number of rotatable bonds is 11. The van der Waals surface area contributed by atoms with Crippen molar-refractivity contribution >= 4 is 11.8 Å². The number of aromatic hydroxyl groups is 2. The third kappa shape index (κ3) is 10.9. The number of carbonyl (C=O) groups is 2. The van der Waals surface area contributed by atoms with Crippen LogP contribution in [0.1, 0.15) is 142 Å². The Kier molecular flexibility index (Phi) is 12.2. The van der Waals surface area contributed by atoms with Gasteiger partial charge in [0.05, 0.1) is 12.8 Å². The van der Waals surface area contributed by atoms with E-state index in [9.17, 15) is 19.8 Å². The Bertz CT molecular complexity index is 1130. The Labute approximate surface area is 267 Å². The van der Waals surface area contributed by atoms with Gasteiger partial charge in [-0.05, 0) is 67.9 Å². The van der Waals surface area contributed by atoms with Crippen molar-refractivity contribution in [1.29, 1.82) is 0 Å². The van der Waals surface area contributed by atoms with Gasteiger partial charge in [0, 0.05) is 13.1 Å². The van der Waals surface area contributed by atoms with E-state index in [1.807, 2.05) is 24.3 Å².